The Balaban J connectivity index is 1.73. The van der Waals surface area contributed by atoms with Crippen LogP contribution in [-0.2, 0) is 4.79 Å². The predicted octanol–water partition coefficient (Wildman–Crippen LogP) is 4.87. The summed E-state index contributed by atoms with van der Waals surface area (Å²) in [7, 11) is 0. The minimum Gasteiger partial charge on any atom is -0.393 e. The summed E-state index contributed by atoms with van der Waals surface area (Å²) in [4.78, 5) is 13.0. The van der Waals surface area contributed by atoms with Crippen molar-refractivity contribution in [2.24, 2.45) is 22.7 Å². The number of carbonyl (C=O) groups is 1. The van der Waals surface area contributed by atoms with Crippen molar-refractivity contribution >= 4 is 17.5 Å². The maximum atomic E-state index is 13.0. The normalized spacial score (nSPS) is 33.6. The molecule has 24 heavy (non-hydrogen) atoms. The standard InChI is InChI=1S/C21H30O2S/c1-14(22)12-18(15-8-6-5-7-9-15)24-13-16-17-10-11-21(4,19(16)23)20(17,2)3/h5-9,14,16-18,22H,10-13H2,1-4H3/t14-,16+,17-,18+,21+/m1/s1. The Kier molecular flexibility index (Phi) is 4.87. The van der Waals surface area contributed by atoms with Crippen LogP contribution in [0.25, 0.3) is 0 Å². The Labute approximate surface area is 150 Å². The maximum Gasteiger partial charge on any atom is 0.143 e. The zero-order valence-corrected chi connectivity index (χ0v) is 16.1. The number of benzene rings is 1. The first-order valence-electron chi connectivity index (χ1n) is 9.16. The molecule has 1 aromatic rings. The molecule has 0 aliphatic heterocycles. The second-order valence-electron chi connectivity index (χ2n) is 8.49. The number of aliphatic hydroxyl groups excluding tert-OH is 1. The summed E-state index contributed by atoms with van der Waals surface area (Å²) in [6.45, 7) is 8.61. The number of hydrogen-bond donors (Lipinski definition) is 1. The van der Waals surface area contributed by atoms with Crippen molar-refractivity contribution in [1.82, 2.24) is 0 Å². The Morgan fingerprint density at radius 3 is 2.46 bits per heavy atom. The second kappa shape index (κ2) is 6.49. The van der Waals surface area contributed by atoms with Gasteiger partial charge in [0.1, 0.15) is 5.78 Å². The molecule has 3 rings (SSSR count). The van der Waals surface area contributed by atoms with Crippen LogP contribution in [0.4, 0.5) is 0 Å². The molecule has 3 heteroatoms. The van der Waals surface area contributed by atoms with Crippen LogP contribution < -0.4 is 0 Å². The highest BCUT2D eigenvalue weighted by Gasteiger charge is 2.65. The third-order valence-corrected chi connectivity index (χ3v) is 8.29. The van der Waals surface area contributed by atoms with Gasteiger partial charge in [-0.25, -0.2) is 0 Å². The number of carbonyl (C=O) groups excluding carboxylic acids is 1. The predicted molar refractivity (Wildman–Crippen MR) is 101 cm³/mol. The Morgan fingerprint density at radius 2 is 1.92 bits per heavy atom. The van der Waals surface area contributed by atoms with Gasteiger partial charge in [-0.2, -0.15) is 11.8 Å². The smallest absolute Gasteiger partial charge is 0.143 e. The molecule has 2 aliphatic carbocycles. The number of hydrogen-bond acceptors (Lipinski definition) is 3. The lowest BCUT2D eigenvalue weighted by molar-refractivity contribution is -0.131. The van der Waals surface area contributed by atoms with Crippen molar-refractivity contribution in [1.29, 1.82) is 0 Å². The number of fused-ring (bicyclic) bond motifs is 2. The Morgan fingerprint density at radius 1 is 1.25 bits per heavy atom. The molecule has 132 valence electrons. The van der Waals surface area contributed by atoms with E-state index in [0.29, 0.717) is 11.7 Å². The zero-order chi connectivity index (χ0) is 17.5. The van der Waals surface area contributed by atoms with Crippen LogP contribution in [0.15, 0.2) is 30.3 Å². The molecule has 2 fully saturated rings. The van der Waals surface area contributed by atoms with Crippen molar-refractivity contribution in [3.05, 3.63) is 35.9 Å². The van der Waals surface area contributed by atoms with Gasteiger partial charge in [0.2, 0.25) is 0 Å². The number of aliphatic hydroxyl groups is 1. The van der Waals surface area contributed by atoms with Crippen LogP contribution >= 0.6 is 11.8 Å². The van der Waals surface area contributed by atoms with E-state index in [1.54, 1.807) is 0 Å². The molecule has 1 aromatic carbocycles. The largest absolute Gasteiger partial charge is 0.393 e. The van der Waals surface area contributed by atoms with Crippen molar-refractivity contribution in [3.8, 4) is 0 Å². The number of rotatable bonds is 6. The van der Waals surface area contributed by atoms with E-state index in [1.807, 2.05) is 24.8 Å². The van der Waals surface area contributed by atoms with Crippen LogP contribution in [0.3, 0.4) is 0 Å². The van der Waals surface area contributed by atoms with Crippen LogP contribution in [0.5, 0.6) is 0 Å². The fourth-order valence-electron chi connectivity index (χ4n) is 4.96. The molecule has 0 unspecified atom stereocenters. The third-order valence-electron chi connectivity index (χ3n) is 6.87. The molecule has 5 atom stereocenters. The van der Waals surface area contributed by atoms with Crippen LogP contribution in [-0.4, -0.2) is 22.7 Å². The second-order valence-corrected chi connectivity index (χ2v) is 9.72. The van der Waals surface area contributed by atoms with Crippen LogP contribution in [0, 0.1) is 22.7 Å². The fourth-order valence-corrected chi connectivity index (χ4v) is 6.55. The van der Waals surface area contributed by atoms with E-state index >= 15 is 0 Å². The summed E-state index contributed by atoms with van der Waals surface area (Å²) in [6, 6.07) is 10.4. The summed E-state index contributed by atoms with van der Waals surface area (Å²) < 4.78 is 0. The number of Topliss-reactive ketones (excluding diaryl/α,β-unsaturated/α-hetero) is 1. The van der Waals surface area contributed by atoms with Gasteiger partial charge in [0.15, 0.2) is 0 Å². The lowest BCUT2D eigenvalue weighted by Crippen LogP contribution is -2.33. The maximum absolute atomic E-state index is 13.0. The number of thioether (sulfide) groups is 1. The molecule has 2 bridgehead atoms. The van der Waals surface area contributed by atoms with Crippen molar-refractivity contribution in [2.75, 3.05) is 5.75 Å². The minimum atomic E-state index is -0.326. The Bertz CT molecular complexity index is 595. The zero-order valence-electron chi connectivity index (χ0n) is 15.3. The fraction of sp³-hybridized carbons (Fsp3) is 0.667. The summed E-state index contributed by atoms with van der Waals surface area (Å²) >= 11 is 1.86. The van der Waals surface area contributed by atoms with Crippen molar-refractivity contribution in [2.45, 2.75) is 58.3 Å². The van der Waals surface area contributed by atoms with Gasteiger partial charge in [0.05, 0.1) is 6.10 Å². The van der Waals surface area contributed by atoms with E-state index in [9.17, 15) is 9.90 Å². The molecule has 0 radical (unpaired) electrons. The SMILES string of the molecule is C[C@@H](O)C[C@H](SC[C@@H]1C(=O)[C@]2(C)CC[C@H]1C2(C)C)c1ccccc1. The van der Waals surface area contributed by atoms with Crippen LogP contribution in [0.1, 0.15) is 57.8 Å². The lowest BCUT2D eigenvalue weighted by Gasteiger charge is -2.32. The van der Waals surface area contributed by atoms with E-state index < -0.39 is 0 Å². The lowest BCUT2D eigenvalue weighted by atomic mass is 9.70. The van der Waals surface area contributed by atoms with E-state index in [-0.39, 0.29) is 28.1 Å². The average Bonchev–Trinajstić information content (AvgIpc) is 2.85. The molecule has 0 heterocycles. The molecule has 2 saturated carbocycles. The summed E-state index contributed by atoms with van der Waals surface area (Å²) in [6.07, 6.45) is 2.65. The quantitative estimate of drug-likeness (QED) is 0.798. The van der Waals surface area contributed by atoms with Crippen molar-refractivity contribution < 1.29 is 9.90 Å². The van der Waals surface area contributed by atoms with Gasteiger partial charge in [-0.05, 0) is 43.1 Å². The first-order valence-corrected chi connectivity index (χ1v) is 10.2. The molecule has 0 saturated heterocycles. The van der Waals surface area contributed by atoms with Crippen LogP contribution in [0.2, 0.25) is 0 Å². The highest BCUT2D eigenvalue weighted by atomic mass is 32.2. The molecule has 0 spiro atoms. The van der Waals surface area contributed by atoms with E-state index in [1.165, 1.54) is 12.0 Å². The van der Waals surface area contributed by atoms with E-state index in [4.69, 9.17) is 0 Å². The molecule has 2 aliphatic rings. The number of ketones is 1. The van der Waals surface area contributed by atoms with Gasteiger partial charge in [0, 0.05) is 22.3 Å². The van der Waals surface area contributed by atoms with E-state index in [2.05, 4.69) is 45.0 Å². The highest BCUT2D eigenvalue weighted by molar-refractivity contribution is 7.99. The van der Waals surface area contributed by atoms with Gasteiger partial charge in [-0.1, -0.05) is 51.1 Å². The third kappa shape index (κ3) is 2.84. The molecule has 1 N–H and O–H groups in total. The van der Waals surface area contributed by atoms with Gasteiger partial charge in [-0.15, -0.1) is 0 Å². The van der Waals surface area contributed by atoms with Gasteiger partial charge < -0.3 is 5.11 Å². The average molecular weight is 347 g/mol. The molecule has 0 aromatic heterocycles. The summed E-state index contributed by atoms with van der Waals surface area (Å²) in [5.74, 6) is 2.07. The molecule has 0 amide bonds. The first kappa shape index (κ1) is 18.0. The molecular weight excluding hydrogens is 316 g/mol. The Hall–Kier alpha value is -0.800. The molecular formula is C21H30O2S. The van der Waals surface area contributed by atoms with Gasteiger partial charge >= 0.3 is 0 Å². The summed E-state index contributed by atoms with van der Waals surface area (Å²) in [5.41, 5.74) is 1.25. The topological polar surface area (TPSA) is 37.3 Å². The van der Waals surface area contributed by atoms with Gasteiger partial charge in [-0.3, -0.25) is 4.79 Å². The minimum absolute atomic E-state index is 0.127. The summed E-state index contributed by atoms with van der Waals surface area (Å²) in [5, 5.41) is 10.1. The first-order chi connectivity index (χ1) is 11.3. The van der Waals surface area contributed by atoms with Gasteiger partial charge in [0.25, 0.3) is 0 Å². The molecule has 2 nitrogen and oxygen atoms in total. The van der Waals surface area contributed by atoms with E-state index in [0.717, 1.165) is 18.6 Å². The highest BCUT2D eigenvalue weighted by Crippen LogP contribution is 2.66. The van der Waals surface area contributed by atoms with Crippen molar-refractivity contribution in [3.63, 3.8) is 0 Å². The monoisotopic (exact) mass is 346 g/mol.